The summed E-state index contributed by atoms with van der Waals surface area (Å²) in [5, 5.41) is 7.80. The van der Waals surface area contributed by atoms with E-state index >= 15 is 0 Å². The minimum Gasteiger partial charge on any atom is -0.454 e. The highest BCUT2D eigenvalue weighted by atomic mass is 35.5. The van der Waals surface area contributed by atoms with Crippen LogP contribution in [0.3, 0.4) is 0 Å². The minimum absolute atomic E-state index is 0.0819. The summed E-state index contributed by atoms with van der Waals surface area (Å²) in [5.41, 5.74) is 7.26. The number of hydrazone groups is 1. The standard InChI is InChI=1S/C22H21ClN4O3/c1-14-8-16(15(2)27(14)19-5-3-4-17(23)9-19)11-25-26-22(28)12-24-18-6-7-20-21(10-18)30-13-29-20/h3-11,24H,12-13H2,1-2H3,(H,26,28). The summed E-state index contributed by atoms with van der Waals surface area (Å²) >= 11 is 6.12. The number of halogens is 1. The number of nitrogens with one attached hydrogen (secondary N) is 2. The van der Waals surface area contributed by atoms with Crippen molar-refractivity contribution in [3.05, 3.63) is 70.5 Å². The Bertz CT molecular complexity index is 1120. The van der Waals surface area contributed by atoms with Gasteiger partial charge in [0.1, 0.15) is 0 Å². The van der Waals surface area contributed by atoms with E-state index in [1.807, 2.05) is 50.2 Å². The monoisotopic (exact) mass is 424 g/mol. The van der Waals surface area contributed by atoms with Crippen LogP contribution in [-0.4, -0.2) is 30.0 Å². The zero-order valence-corrected chi connectivity index (χ0v) is 17.4. The van der Waals surface area contributed by atoms with Crippen LogP contribution in [-0.2, 0) is 4.79 Å². The number of carbonyl (C=O) groups is 1. The number of fused-ring (bicyclic) bond motifs is 1. The maximum Gasteiger partial charge on any atom is 0.259 e. The van der Waals surface area contributed by atoms with Gasteiger partial charge in [0.05, 0.1) is 12.8 Å². The summed E-state index contributed by atoms with van der Waals surface area (Å²) < 4.78 is 12.7. The summed E-state index contributed by atoms with van der Waals surface area (Å²) in [7, 11) is 0. The molecule has 0 aliphatic carbocycles. The van der Waals surface area contributed by atoms with Gasteiger partial charge in [0.2, 0.25) is 6.79 Å². The molecule has 30 heavy (non-hydrogen) atoms. The van der Waals surface area contributed by atoms with E-state index in [0.29, 0.717) is 16.5 Å². The van der Waals surface area contributed by atoms with Crippen LogP contribution in [0.1, 0.15) is 17.0 Å². The summed E-state index contributed by atoms with van der Waals surface area (Å²) in [6, 6.07) is 15.1. The van der Waals surface area contributed by atoms with E-state index in [4.69, 9.17) is 21.1 Å². The largest absolute Gasteiger partial charge is 0.454 e. The smallest absolute Gasteiger partial charge is 0.259 e. The first-order valence-corrected chi connectivity index (χ1v) is 9.79. The molecule has 154 valence electrons. The fourth-order valence-electron chi connectivity index (χ4n) is 3.33. The van der Waals surface area contributed by atoms with Gasteiger partial charge in [-0.25, -0.2) is 5.43 Å². The SMILES string of the molecule is Cc1cc(C=NNC(=O)CNc2ccc3c(c2)OCO3)c(C)n1-c1cccc(Cl)c1. The van der Waals surface area contributed by atoms with E-state index in [9.17, 15) is 4.79 Å². The number of rotatable bonds is 6. The topological polar surface area (TPSA) is 76.9 Å². The third-order valence-electron chi connectivity index (χ3n) is 4.76. The van der Waals surface area contributed by atoms with E-state index in [0.717, 1.165) is 28.3 Å². The lowest BCUT2D eigenvalue weighted by Crippen LogP contribution is -2.25. The molecule has 0 atom stereocenters. The first kappa shape index (κ1) is 19.8. The summed E-state index contributed by atoms with van der Waals surface area (Å²) in [5.74, 6) is 1.10. The Morgan fingerprint density at radius 1 is 1.17 bits per heavy atom. The lowest BCUT2D eigenvalue weighted by atomic mass is 10.2. The van der Waals surface area contributed by atoms with Crippen LogP contribution >= 0.6 is 11.6 Å². The van der Waals surface area contributed by atoms with Gasteiger partial charge in [0.25, 0.3) is 5.91 Å². The molecule has 0 fully saturated rings. The van der Waals surface area contributed by atoms with Crippen molar-refractivity contribution in [3.8, 4) is 17.2 Å². The molecule has 0 saturated heterocycles. The molecule has 1 aromatic heterocycles. The molecule has 3 aromatic rings. The van der Waals surface area contributed by atoms with Gasteiger partial charge in [-0.1, -0.05) is 17.7 Å². The van der Waals surface area contributed by atoms with Gasteiger partial charge >= 0.3 is 0 Å². The Kier molecular flexibility index (Phi) is 5.63. The number of benzene rings is 2. The fourth-order valence-corrected chi connectivity index (χ4v) is 3.52. The number of aromatic nitrogens is 1. The van der Waals surface area contributed by atoms with Crippen molar-refractivity contribution in [1.29, 1.82) is 0 Å². The third-order valence-corrected chi connectivity index (χ3v) is 4.99. The van der Waals surface area contributed by atoms with E-state index < -0.39 is 0 Å². The summed E-state index contributed by atoms with van der Waals surface area (Å²) in [6.45, 7) is 4.31. The summed E-state index contributed by atoms with van der Waals surface area (Å²) in [6.07, 6.45) is 1.64. The molecule has 0 unspecified atom stereocenters. The minimum atomic E-state index is -0.257. The van der Waals surface area contributed by atoms with E-state index in [2.05, 4.69) is 20.4 Å². The Labute approximate surface area is 179 Å². The van der Waals surface area contributed by atoms with Crippen molar-refractivity contribution < 1.29 is 14.3 Å². The van der Waals surface area contributed by atoms with Gasteiger partial charge in [-0.2, -0.15) is 5.10 Å². The molecule has 1 aliphatic rings. The molecule has 7 nitrogen and oxygen atoms in total. The second kappa shape index (κ2) is 8.51. The van der Waals surface area contributed by atoms with E-state index in [1.54, 1.807) is 18.3 Å². The van der Waals surface area contributed by atoms with E-state index in [-0.39, 0.29) is 19.2 Å². The molecule has 8 heteroatoms. The molecule has 1 amide bonds. The predicted molar refractivity (Wildman–Crippen MR) is 117 cm³/mol. The van der Waals surface area contributed by atoms with Crippen molar-refractivity contribution >= 4 is 29.4 Å². The zero-order chi connectivity index (χ0) is 21.1. The number of amides is 1. The maximum atomic E-state index is 12.1. The molecule has 4 rings (SSSR count). The van der Waals surface area contributed by atoms with Crippen molar-refractivity contribution in [2.24, 2.45) is 5.10 Å². The van der Waals surface area contributed by atoms with Gasteiger partial charge < -0.3 is 19.4 Å². The second-order valence-corrected chi connectivity index (χ2v) is 7.29. The van der Waals surface area contributed by atoms with Crippen molar-refractivity contribution in [1.82, 2.24) is 9.99 Å². The molecular formula is C22H21ClN4O3. The second-order valence-electron chi connectivity index (χ2n) is 6.86. The molecule has 2 aromatic carbocycles. The average molecular weight is 425 g/mol. The Morgan fingerprint density at radius 3 is 2.83 bits per heavy atom. The van der Waals surface area contributed by atoms with Gasteiger partial charge in [0.15, 0.2) is 11.5 Å². The highest BCUT2D eigenvalue weighted by Crippen LogP contribution is 2.34. The number of nitrogens with zero attached hydrogens (tertiary/aromatic N) is 2. The quantitative estimate of drug-likeness (QED) is 0.462. The first-order chi connectivity index (χ1) is 14.5. The molecule has 0 spiro atoms. The van der Waals surface area contributed by atoms with Crippen LogP contribution in [0.15, 0.2) is 53.6 Å². The van der Waals surface area contributed by atoms with Crippen molar-refractivity contribution in [2.75, 3.05) is 18.7 Å². The average Bonchev–Trinajstić information content (AvgIpc) is 3.30. The van der Waals surface area contributed by atoms with Gasteiger partial charge in [0, 0.05) is 39.4 Å². The molecule has 0 radical (unpaired) electrons. The lowest BCUT2D eigenvalue weighted by molar-refractivity contribution is -0.119. The Balaban J connectivity index is 1.36. The Hall–Kier alpha value is -3.45. The number of ether oxygens (including phenoxy) is 2. The third kappa shape index (κ3) is 4.26. The molecule has 1 aliphatic heterocycles. The molecule has 2 N–H and O–H groups in total. The van der Waals surface area contributed by atoms with Crippen LogP contribution in [0.5, 0.6) is 11.5 Å². The number of hydrogen-bond donors (Lipinski definition) is 2. The van der Waals surface area contributed by atoms with Crippen LogP contribution < -0.4 is 20.2 Å². The van der Waals surface area contributed by atoms with Gasteiger partial charge in [-0.05, 0) is 50.2 Å². The van der Waals surface area contributed by atoms with Crippen molar-refractivity contribution in [3.63, 3.8) is 0 Å². The molecule has 0 saturated carbocycles. The van der Waals surface area contributed by atoms with Crippen LogP contribution in [0.2, 0.25) is 5.02 Å². The van der Waals surface area contributed by atoms with Gasteiger partial charge in [-0.3, -0.25) is 4.79 Å². The number of anilines is 1. The van der Waals surface area contributed by atoms with Crippen LogP contribution in [0, 0.1) is 13.8 Å². The summed E-state index contributed by atoms with van der Waals surface area (Å²) in [4.78, 5) is 12.1. The highest BCUT2D eigenvalue weighted by molar-refractivity contribution is 6.30. The fraction of sp³-hybridized carbons (Fsp3) is 0.182. The van der Waals surface area contributed by atoms with Crippen LogP contribution in [0.25, 0.3) is 5.69 Å². The normalized spacial score (nSPS) is 12.4. The molecule has 0 bridgehead atoms. The van der Waals surface area contributed by atoms with Crippen LogP contribution in [0.4, 0.5) is 5.69 Å². The molecular weight excluding hydrogens is 404 g/mol. The number of aryl methyl sites for hydroxylation is 1. The van der Waals surface area contributed by atoms with Gasteiger partial charge in [-0.15, -0.1) is 0 Å². The zero-order valence-electron chi connectivity index (χ0n) is 16.6. The van der Waals surface area contributed by atoms with E-state index in [1.165, 1.54) is 0 Å². The van der Waals surface area contributed by atoms with Crippen molar-refractivity contribution in [2.45, 2.75) is 13.8 Å². The maximum absolute atomic E-state index is 12.1. The first-order valence-electron chi connectivity index (χ1n) is 9.41. The number of carbonyl (C=O) groups excluding carboxylic acids is 1. The Morgan fingerprint density at radius 2 is 2.00 bits per heavy atom. The highest BCUT2D eigenvalue weighted by Gasteiger charge is 2.13. The lowest BCUT2D eigenvalue weighted by Gasteiger charge is -2.09. The number of hydrogen-bond acceptors (Lipinski definition) is 5. The molecule has 2 heterocycles. The predicted octanol–water partition coefficient (Wildman–Crippen LogP) is 4.04.